The molecule has 6 nitrogen and oxygen atoms in total. The van der Waals surface area contributed by atoms with Crippen LogP contribution < -0.4 is 5.32 Å². The first-order valence-electron chi connectivity index (χ1n) is 5.99. The molecule has 0 aliphatic carbocycles. The molecule has 21 heavy (non-hydrogen) atoms. The highest BCUT2D eigenvalue weighted by Gasteiger charge is 2.30. The number of hydrogen-bond donors (Lipinski definition) is 1. The molecular weight excluding hydrogens is 289 g/mol. The van der Waals surface area contributed by atoms with Gasteiger partial charge in [-0.05, 0) is 13.0 Å². The van der Waals surface area contributed by atoms with Crippen LogP contribution in [-0.4, -0.2) is 27.1 Å². The molecule has 0 saturated carbocycles. The number of nitrogens with one attached hydrogen (secondary N) is 1. The summed E-state index contributed by atoms with van der Waals surface area (Å²) in [7, 11) is 0. The Morgan fingerprint density at radius 2 is 2.10 bits per heavy atom. The fourth-order valence-corrected chi connectivity index (χ4v) is 1.90. The average Bonchev–Trinajstić information content (AvgIpc) is 2.36. The summed E-state index contributed by atoms with van der Waals surface area (Å²) < 4.78 is 37.0. The zero-order valence-corrected chi connectivity index (χ0v) is 10.9. The minimum atomic E-state index is -4.30. The van der Waals surface area contributed by atoms with Gasteiger partial charge in [0, 0.05) is 23.6 Å². The highest BCUT2D eigenvalue weighted by atomic mass is 19.4. The molecular formula is C12H11F3N4O2. The van der Waals surface area contributed by atoms with Gasteiger partial charge in [-0.2, -0.15) is 13.2 Å². The fourth-order valence-electron chi connectivity index (χ4n) is 1.90. The zero-order valence-electron chi connectivity index (χ0n) is 10.9. The van der Waals surface area contributed by atoms with Crippen molar-refractivity contribution < 1.29 is 18.1 Å². The Morgan fingerprint density at radius 1 is 1.38 bits per heavy atom. The van der Waals surface area contributed by atoms with Gasteiger partial charge in [-0.25, -0.2) is 9.97 Å². The number of nitro groups is 1. The van der Waals surface area contributed by atoms with Crippen LogP contribution >= 0.6 is 0 Å². The summed E-state index contributed by atoms with van der Waals surface area (Å²) in [5.74, 6) is 0.139. The number of halogens is 3. The Hall–Kier alpha value is -2.45. The lowest BCUT2D eigenvalue weighted by atomic mass is 10.2. The van der Waals surface area contributed by atoms with Crippen molar-refractivity contribution >= 4 is 22.4 Å². The average molecular weight is 300 g/mol. The molecule has 1 N–H and O–H groups in total. The van der Waals surface area contributed by atoms with Crippen molar-refractivity contribution in [3.8, 4) is 0 Å². The van der Waals surface area contributed by atoms with Crippen LogP contribution in [0.15, 0.2) is 24.5 Å². The van der Waals surface area contributed by atoms with E-state index in [-0.39, 0.29) is 11.5 Å². The number of benzene rings is 1. The van der Waals surface area contributed by atoms with Gasteiger partial charge in [0.25, 0.3) is 5.69 Å². The first kappa shape index (κ1) is 14.9. The first-order valence-corrected chi connectivity index (χ1v) is 5.99. The van der Waals surface area contributed by atoms with Crippen LogP contribution in [0.1, 0.15) is 13.3 Å². The van der Waals surface area contributed by atoms with E-state index in [0.29, 0.717) is 10.9 Å². The molecule has 1 heterocycles. The summed E-state index contributed by atoms with van der Waals surface area (Å²) in [5.41, 5.74) is 0.237. The predicted molar refractivity (Wildman–Crippen MR) is 69.9 cm³/mol. The topological polar surface area (TPSA) is 81.0 Å². The van der Waals surface area contributed by atoms with Crippen LogP contribution in [0.25, 0.3) is 10.9 Å². The van der Waals surface area contributed by atoms with Crippen molar-refractivity contribution in [2.75, 3.05) is 5.32 Å². The van der Waals surface area contributed by atoms with Gasteiger partial charge in [0.05, 0.1) is 16.9 Å². The summed E-state index contributed by atoms with van der Waals surface area (Å²) in [6.07, 6.45) is -4.15. The van der Waals surface area contributed by atoms with Gasteiger partial charge >= 0.3 is 6.18 Å². The van der Waals surface area contributed by atoms with E-state index in [1.165, 1.54) is 31.5 Å². The molecule has 112 valence electrons. The molecule has 0 saturated heterocycles. The number of hydrogen-bond acceptors (Lipinski definition) is 5. The number of aromatic nitrogens is 2. The van der Waals surface area contributed by atoms with Gasteiger partial charge in [-0.15, -0.1) is 0 Å². The second-order valence-electron chi connectivity index (χ2n) is 4.55. The summed E-state index contributed by atoms with van der Waals surface area (Å²) in [5, 5.41) is 13.7. The number of nitro benzene ring substituents is 1. The summed E-state index contributed by atoms with van der Waals surface area (Å²) in [4.78, 5) is 18.0. The van der Waals surface area contributed by atoms with E-state index in [0.717, 1.165) is 0 Å². The second-order valence-corrected chi connectivity index (χ2v) is 4.55. The van der Waals surface area contributed by atoms with Crippen molar-refractivity contribution in [2.24, 2.45) is 0 Å². The fraction of sp³-hybridized carbons (Fsp3) is 0.333. The molecule has 9 heteroatoms. The van der Waals surface area contributed by atoms with Crippen molar-refractivity contribution in [1.82, 2.24) is 9.97 Å². The van der Waals surface area contributed by atoms with Gasteiger partial charge in [0.2, 0.25) is 0 Å². The third kappa shape index (κ3) is 3.77. The normalized spacial score (nSPS) is 13.1. The maximum absolute atomic E-state index is 12.3. The lowest BCUT2D eigenvalue weighted by molar-refractivity contribution is -0.384. The molecule has 1 atom stereocenters. The van der Waals surface area contributed by atoms with E-state index in [9.17, 15) is 23.3 Å². The lowest BCUT2D eigenvalue weighted by Gasteiger charge is -2.17. The van der Waals surface area contributed by atoms with Crippen LogP contribution in [0.3, 0.4) is 0 Å². The Balaban J connectivity index is 2.35. The molecule has 0 aliphatic rings. The Morgan fingerprint density at radius 3 is 2.71 bits per heavy atom. The quantitative estimate of drug-likeness (QED) is 0.692. The zero-order chi connectivity index (χ0) is 15.6. The van der Waals surface area contributed by atoms with Gasteiger partial charge in [0.15, 0.2) is 0 Å². The summed E-state index contributed by atoms with van der Waals surface area (Å²) >= 11 is 0. The number of anilines is 1. The van der Waals surface area contributed by atoms with Crippen molar-refractivity contribution in [1.29, 1.82) is 0 Å². The molecule has 0 bridgehead atoms. The minimum Gasteiger partial charge on any atom is -0.367 e. The van der Waals surface area contributed by atoms with Gasteiger partial charge < -0.3 is 5.32 Å². The Bertz CT molecular complexity index is 675. The third-order valence-electron chi connectivity index (χ3n) is 2.75. The number of rotatable bonds is 4. The highest BCUT2D eigenvalue weighted by Crippen LogP contribution is 2.27. The SMILES string of the molecule is CC(CC(F)(F)F)Nc1ncnc2ccc([N+](=O)[O-])cc12. The monoisotopic (exact) mass is 300 g/mol. The summed E-state index contributed by atoms with van der Waals surface area (Å²) in [6, 6.07) is 3.02. The molecule has 2 rings (SSSR count). The number of nitrogens with zero attached hydrogens (tertiary/aromatic N) is 3. The predicted octanol–water partition coefficient (Wildman–Crippen LogP) is 3.29. The maximum atomic E-state index is 12.3. The van der Waals surface area contributed by atoms with Crippen LogP contribution in [0.4, 0.5) is 24.7 Å². The van der Waals surface area contributed by atoms with Crippen molar-refractivity contribution in [3.05, 3.63) is 34.6 Å². The van der Waals surface area contributed by atoms with Crippen molar-refractivity contribution in [2.45, 2.75) is 25.6 Å². The third-order valence-corrected chi connectivity index (χ3v) is 2.75. The van der Waals surface area contributed by atoms with E-state index >= 15 is 0 Å². The van der Waals surface area contributed by atoms with E-state index in [4.69, 9.17) is 0 Å². The molecule has 0 amide bonds. The van der Waals surface area contributed by atoms with Gasteiger partial charge in [0.1, 0.15) is 12.1 Å². The molecule has 2 aromatic rings. The van der Waals surface area contributed by atoms with Crippen LogP contribution in [0.2, 0.25) is 0 Å². The highest BCUT2D eigenvalue weighted by molar-refractivity contribution is 5.90. The molecule has 1 aromatic carbocycles. The van der Waals surface area contributed by atoms with E-state index < -0.39 is 23.6 Å². The van der Waals surface area contributed by atoms with E-state index in [2.05, 4.69) is 15.3 Å². The largest absolute Gasteiger partial charge is 0.391 e. The maximum Gasteiger partial charge on any atom is 0.391 e. The lowest BCUT2D eigenvalue weighted by Crippen LogP contribution is -2.24. The number of non-ortho nitro benzene ring substituents is 1. The van der Waals surface area contributed by atoms with E-state index in [1.807, 2.05) is 0 Å². The van der Waals surface area contributed by atoms with Crippen LogP contribution in [0.5, 0.6) is 0 Å². The first-order chi connectivity index (χ1) is 9.76. The van der Waals surface area contributed by atoms with E-state index in [1.54, 1.807) is 0 Å². The van der Waals surface area contributed by atoms with Gasteiger partial charge in [-0.1, -0.05) is 0 Å². The number of alkyl halides is 3. The molecule has 1 aromatic heterocycles. The molecule has 1 unspecified atom stereocenters. The van der Waals surface area contributed by atoms with Crippen LogP contribution in [-0.2, 0) is 0 Å². The van der Waals surface area contributed by atoms with Gasteiger partial charge in [-0.3, -0.25) is 10.1 Å². The molecule has 0 spiro atoms. The smallest absolute Gasteiger partial charge is 0.367 e. The van der Waals surface area contributed by atoms with Crippen LogP contribution in [0, 0.1) is 10.1 Å². The summed E-state index contributed by atoms with van der Waals surface area (Å²) in [6.45, 7) is 1.36. The molecule has 0 fully saturated rings. The minimum absolute atomic E-state index is 0.139. The standard InChI is InChI=1S/C12H11F3N4O2/c1-7(5-12(13,14)15)18-11-9-4-8(19(20)21)2-3-10(9)16-6-17-11/h2-4,6-7H,5H2,1H3,(H,16,17,18). The van der Waals surface area contributed by atoms with Crippen molar-refractivity contribution in [3.63, 3.8) is 0 Å². The molecule has 0 aliphatic heterocycles. The second kappa shape index (κ2) is 5.51. The Labute approximate surface area is 117 Å². The molecule has 0 radical (unpaired) electrons. The number of fused-ring (bicyclic) bond motifs is 1. The Kier molecular flexibility index (Phi) is 3.92.